The molecular weight excluding hydrogens is 565 g/mol. The lowest BCUT2D eigenvalue weighted by atomic mass is 9.69. The molecule has 3 aliphatic carbocycles. The molecule has 0 radical (unpaired) electrons. The van der Waals surface area contributed by atoms with E-state index in [-0.39, 0.29) is 0 Å². The molecule has 234 valence electrons. The first-order valence-electron chi connectivity index (χ1n) is 17.7. The van der Waals surface area contributed by atoms with Gasteiger partial charge in [0.2, 0.25) is 0 Å². The van der Waals surface area contributed by atoms with E-state index in [2.05, 4.69) is 134 Å². The Morgan fingerprint density at radius 1 is 0.851 bits per heavy atom. The van der Waals surface area contributed by atoms with Crippen LogP contribution in [-0.2, 0) is 19.3 Å². The third kappa shape index (κ3) is 7.06. The maximum Gasteiger partial charge on any atom is 0.0321 e. The van der Waals surface area contributed by atoms with Gasteiger partial charge in [-0.3, -0.25) is 0 Å². The molecule has 4 aromatic carbocycles. The quantitative estimate of drug-likeness (QED) is 0.124. The Balaban J connectivity index is 1.06. The Kier molecular flexibility index (Phi) is 9.26. The SMILES string of the molecule is C#Cc1ccc(CC2CCC(C(C(=C)CCc3ccccc3)c3ccc(C4=CC(C)C=C4)cc3)CC2)cc1-c1ccc2c(c1)CC=C2. The van der Waals surface area contributed by atoms with Gasteiger partial charge in [0, 0.05) is 11.5 Å². The number of fused-ring (bicyclic) bond motifs is 1. The van der Waals surface area contributed by atoms with Crippen molar-refractivity contribution in [3.63, 3.8) is 0 Å². The van der Waals surface area contributed by atoms with Gasteiger partial charge in [0.1, 0.15) is 0 Å². The zero-order valence-corrected chi connectivity index (χ0v) is 27.8. The molecule has 0 heteroatoms. The van der Waals surface area contributed by atoms with Crippen molar-refractivity contribution in [3.8, 4) is 23.5 Å². The van der Waals surface area contributed by atoms with Gasteiger partial charge < -0.3 is 0 Å². The monoisotopic (exact) mass is 610 g/mol. The average molecular weight is 611 g/mol. The molecule has 2 unspecified atom stereocenters. The van der Waals surface area contributed by atoms with Gasteiger partial charge in [0.15, 0.2) is 0 Å². The third-order valence-electron chi connectivity index (χ3n) is 10.9. The predicted octanol–water partition coefficient (Wildman–Crippen LogP) is 11.8. The molecule has 2 atom stereocenters. The summed E-state index contributed by atoms with van der Waals surface area (Å²) in [5, 5.41) is 0. The minimum absolute atomic E-state index is 0.400. The van der Waals surface area contributed by atoms with Crippen molar-refractivity contribution in [2.45, 2.75) is 64.2 Å². The minimum atomic E-state index is 0.400. The van der Waals surface area contributed by atoms with Crippen LogP contribution in [0.2, 0.25) is 0 Å². The second-order valence-electron chi connectivity index (χ2n) is 14.1. The van der Waals surface area contributed by atoms with Crippen LogP contribution < -0.4 is 0 Å². The standard InChI is InChI=1S/C47H46/c1-4-38-20-18-37(31-46(38)45-28-25-39-11-8-12-43(39)32-45)30-36-16-21-41(22-17-36)47(34(3)14-15-35-9-6-5-7-10-35)42-26-23-40(24-27-42)44-19-13-33(2)29-44/h1,5-11,13,18-20,23-29,31-33,36,41,47H,3,12,14-17,21-22,30H2,2H3. The lowest BCUT2D eigenvalue weighted by molar-refractivity contribution is 0.252. The van der Waals surface area contributed by atoms with Crippen molar-refractivity contribution in [3.05, 3.63) is 166 Å². The normalized spacial score (nSPS) is 20.4. The molecule has 0 aromatic heterocycles. The number of aryl methyl sites for hydroxylation is 1. The second-order valence-corrected chi connectivity index (χ2v) is 14.1. The Morgan fingerprint density at radius 2 is 1.64 bits per heavy atom. The van der Waals surface area contributed by atoms with Crippen LogP contribution in [0.15, 0.2) is 127 Å². The summed E-state index contributed by atoms with van der Waals surface area (Å²) >= 11 is 0. The van der Waals surface area contributed by atoms with E-state index in [1.54, 1.807) is 0 Å². The van der Waals surface area contributed by atoms with Gasteiger partial charge in [-0.15, -0.1) is 6.42 Å². The highest BCUT2D eigenvalue weighted by atomic mass is 14.3. The highest BCUT2D eigenvalue weighted by Gasteiger charge is 2.30. The van der Waals surface area contributed by atoms with Crippen LogP contribution in [0.1, 0.15) is 83.9 Å². The average Bonchev–Trinajstić information content (AvgIpc) is 3.77. The van der Waals surface area contributed by atoms with Crippen molar-refractivity contribution in [2.75, 3.05) is 0 Å². The van der Waals surface area contributed by atoms with Gasteiger partial charge in [-0.2, -0.15) is 0 Å². The zero-order chi connectivity index (χ0) is 32.2. The summed E-state index contributed by atoms with van der Waals surface area (Å²) in [6, 6.07) is 34.0. The maximum atomic E-state index is 5.98. The van der Waals surface area contributed by atoms with Crippen LogP contribution in [0, 0.1) is 30.1 Å². The predicted molar refractivity (Wildman–Crippen MR) is 201 cm³/mol. The first-order valence-corrected chi connectivity index (χ1v) is 17.7. The number of terminal acetylenes is 1. The van der Waals surface area contributed by atoms with E-state index in [0.717, 1.165) is 31.2 Å². The van der Waals surface area contributed by atoms with Gasteiger partial charge >= 0.3 is 0 Å². The van der Waals surface area contributed by atoms with E-state index in [9.17, 15) is 0 Å². The highest BCUT2D eigenvalue weighted by Crippen LogP contribution is 2.44. The summed E-state index contributed by atoms with van der Waals surface area (Å²) in [4.78, 5) is 0. The summed E-state index contributed by atoms with van der Waals surface area (Å²) < 4.78 is 0. The maximum absolute atomic E-state index is 5.98. The molecule has 0 spiro atoms. The van der Waals surface area contributed by atoms with E-state index in [4.69, 9.17) is 13.0 Å². The molecule has 1 saturated carbocycles. The lowest BCUT2D eigenvalue weighted by Gasteiger charge is -2.36. The van der Waals surface area contributed by atoms with Gasteiger partial charge in [-0.05, 0) is 131 Å². The molecule has 7 rings (SSSR count). The molecule has 0 N–H and O–H groups in total. The Bertz CT molecular complexity index is 1860. The smallest absolute Gasteiger partial charge is 0.0321 e. The third-order valence-corrected chi connectivity index (χ3v) is 10.9. The van der Waals surface area contributed by atoms with E-state index in [1.807, 2.05) is 0 Å². The van der Waals surface area contributed by atoms with Gasteiger partial charge in [-0.25, -0.2) is 0 Å². The molecular formula is C47H46. The van der Waals surface area contributed by atoms with Gasteiger partial charge in [0.05, 0.1) is 0 Å². The Morgan fingerprint density at radius 3 is 2.38 bits per heavy atom. The van der Waals surface area contributed by atoms with Crippen LogP contribution >= 0.6 is 0 Å². The van der Waals surface area contributed by atoms with E-state index >= 15 is 0 Å². The largest absolute Gasteiger partial charge is 0.115 e. The second kappa shape index (κ2) is 14.0. The summed E-state index contributed by atoms with van der Waals surface area (Å²) in [7, 11) is 0. The molecule has 47 heavy (non-hydrogen) atoms. The van der Waals surface area contributed by atoms with Crippen molar-refractivity contribution in [2.24, 2.45) is 17.8 Å². The zero-order valence-electron chi connectivity index (χ0n) is 27.8. The molecule has 1 fully saturated rings. The van der Waals surface area contributed by atoms with E-state index < -0.39 is 0 Å². The fourth-order valence-corrected chi connectivity index (χ4v) is 8.24. The topological polar surface area (TPSA) is 0 Å². The summed E-state index contributed by atoms with van der Waals surface area (Å²) in [5.41, 5.74) is 14.4. The van der Waals surface area contributed by atoms with Crippen molar-refractivity contribution < 1.29 is 0 Å². The van der Waals surface area contributed by atoms with Crippen molar-refractivity contribution in [1.29, 1.82) is 0 Å². The fourth-order valence-electron chi connectivity index (χ4n) is 8.24. The molecule has 0 bridgehead atoms. The molecule has 0 saturated heterocycles. The van der Waals surface area contributed by atoms with Gasteiger partial charge in [0.25, 0.3) is 0 Å². The molecule has 3 aliphatic rings. The van der Waals surface area contributed by atoms with Gasteiger partial charge in [-0.1, -0.05) is 134 Å². The molecule has 4 aromatic rings. The number of allylic oxidation sites excluding steroid dienone is 6. The van der Waals surface area contributed by atoms with Crippen LogP contribution in [0.4, 0.5) is 0 Å². The summed E-state index contributed by atoms with van der Waals surface area (Å²) in [6.07, 6.45) is 26.6. The van der Waals surface area contributed by atoms with E-state index in [1.165, 1.54) is 81.3 Å². The highest BCUT2D eigenvalue weighted by molar-refractivity contribution is 5.77. The molecule has 0 heterocycles. The molecule has 0 amide bonds. The summed E-state index contributed by atoms with van der Waals surface area (Å²) in [6.45, 7) is 7.00. The fraction of sp³-hybridized carbons (Fsp3) is 0.277. The first-order chi connectivity index (χ1) is 23.0. The Labute approximate surface area is 282 Å². The lowest BCUT2D eigenvalue weighted by Crippen LogP contribution is -2.23. The summed E-state index contributed by atoms with van der Waals surface area (Å²) in [5.74, 6) is 5.19. The molecule has 0 nitrogen and oxygen atoms in total. The van der Waals surface area contributed by atoms with Crippen LogP contribution in [0.3, 0.4) is 0 Å². The number of rotatable bonds is 10. The minimum Gasteiger partial charge on any atom is -0.115 e. The first kappa shape index (κ1) is 31.0. The Hall–Kier alpha value is -4.60. The number of hydrogen-bond donors (Lipinski definition) is 0. The molecule has 0 aliphatic heterocycles. The van der Waals surface area contributed by atoms with Crippen molar-refractivity contribution in [1.82, 2.24) is 0 Å². The van der Waals surface area contributed by atoms with Crippen molar-refractivity contribution >= 4 is 11.6 Å². The number of benzene rings is 4. The number of hydrogen-bond acceptors (Lipinski definition) is 0. The van der Waals surface area contributed by atoms with Crippen LogP contribution in [-0.4, -0.2) is 0 Å². The van der Waals surface area contributed by atoms with E-state index in [0.29, 0.717) is 23.7 Å². The van der Waals surface area contributed by atoms with Crippen LogP contribution in [0.25, 0.3) is 22.8 Å². The van der Waals surface area contributed by atoms with Crippen LogP contribution in [0.5, 0.6) is 0 Å².